The fraction of sp³-hybridized carbons (Fsp3) is 0.269. The van der Waals surface area contributed by atoms with Crippen molar-refractivity contribution in [3.63, 3.8) is 0 Å². The molecule has 0 atom stereocenters. The van der Waals surface area contributed by atoms with Crippen LogP contribution in [0.4, 0.5) is 0 Å². The molecule has 0 bridgehead atoms. The van der Waals surface area contributed by atoms with Crippen molar-refractivity contribution in [3.8, 4) is 39.6 Å². The van der Waals surface area contributed by atoms with Crippen molar-refractivity contribution in [3.05, 3.63) is 64.0 Å². The molecular weight excluding hydrogens is 501 g/mol. The van der Waals surface area contributed by atoms with Crippen molar-refractivity contribution < 1.29 is 14.3 Å². The first kappa shape index (κ1) is 24.2. The highest BCUT2D eigenvalue weighted by molar-refractivity contribution is 6.34. The molecule has 0 spiro atoms. The van der Waals surface area contributed by atoms with Crippen molar-refractivity contribution in [2.75, 3.05) is 14.2 Å². The van der Waals surface area contributed by atoms with Gasteiger partial charge in [-0.3, -0.25) is 9.89 Å². The number of hydrogen-bond acceptors (Lipinski definition) is 5. The zero-order valence-electron chi connectivity index (χ0n) is 20.5. The summed E-state index contributed by atoms with van der Waals surface area (Å²) in [6.45, 7) is 6.09. The molecule has 2 aromatic heterocycles. The molecule has 1 amide bonds. The first-order valence-corrected chi connectivity index (χ1v) is 12.0. The van der Waals surface area contributed by atoms with E-state index in [4.69, 9.17) is 37.8 Å². The monoisotopic (exact) mass is 525 g/mol. The Morgan fingerprint density at radius 3 is 2.47 bits per heavy atom. The van der Waals surface area contributed by atoms with Crippen LogP contribution < -0.4 is 9.47 Å². The molecular formula is C26H25Cl2N5O3. The second-order valence-electron chi connectivity index (χ2n) is 9.57. The normalized spacial score (nSPS) is 12.5. The molecule has 1 aliphatic rings. The number of rotatable bonds is 4. The van der Waals surface area contributed by atoms with Crippen LogP contribution >= 0.6 is 23.2 Å². The molecule has 186 valence electrons. The van der Waals surface area contributed by atoms with E-state index >= 15 is 0 Å². The Kier molecular flexibility index (Phi) is 5.97. The number of methoxy groups -OCH3 is 1. The van der Waals surface area contributed by atoms with Gasteiger partial charge in [0.15, 0.2) is 5.69 Å². The highest BCUT2D eigenvalue weighted by Gasteiger charge is 2.34. The summed E-state index contributed by atoms with van der Waals surface area (Å²) in [5.74, 6) is 1.05. The van der Waals surface area contributed by atoms with Gasteiger partial charge >= 0.3 is 0 Å². The first-order valence-electron chi connectivity index (χ1n) is 11.3. The first-order chi connectivity index (χ1) is 17.1. The number of nitrogens with zero attached hydrogens (tertiary/aromatic N) is 4. The lowest BCUT2D eigenvalue weighted by Crippen LogP contribution is -2.43. The lowest BCUT2D eigenvalue weighted by atomic mass is 9.96. The summed E-state index contributed by atoms with van der Waals surface area (Å²) in [6.07, 6.45) is 3.51. The number of H-pyrrole nitrogens is 1. The van der Waals surface area contributed by atoms with Gasteiger partial charge in [-0.2, -0.15) is 10.2 Å². The maximum Gasteiger partial charge on any atom is 0.274 e. The number of carbonyl (C=O) groups excluding carboxylic acids is 1. The molecule has 0 radical (unpaired) electrons. The van der Waals surface area contributed by atoms with E-state index in [2.05, 4.69) is 10.2 Å². The second-order valence-corrected chi connectivity index (χ2v) is 10.4. The Bertz CT molecular complexity index is 1450. The molecule has 36 heavy (non-hydrogen) atoms. The van der Waals surface area contributed by atoms with Gasteiger partial charge < -0.3 is 14.4 Å². The van der Waals surface area contributed by atoms with Crippen LogP contribution in [0.3, 0.4) is 0 Å². The van der Waals surface area contributed by atoms with Crippen molar-refractivity contribution >= 4 is 29.1 Å². The maximum atomic E-state index is 13.6. The summed E-state index contributed by atoms with van der Waals surface area (Å²) in [7, 11) is 3.38. The van der Waals surface area contributed by atoms with Crippen molar-refractivity contribution in [1.82, 2.24) is 24.9 Å². The van der Waals surface area contributed by atoms with E-state index in [-0.39, 0.29) is 12.5 Å². The van der Waals surface area contributed by atoms with E-state index in [0.29, 0.717) is 38.5 Å². The number of hydrogen-bond donors (Lipinski definition) is 1. The Labute approximate surface area is 218 Å². The molecule has 3 heterocycles. The summed E-state index contributed by atoms with van der Waals surface area (Å²) in [5, 5.41) is 12.6. The van der Waals surface area contributed by atoms with Gasteiger partial charge in [0.05, 0.1) is 24.7 Å². The molecule has 10 heteroatoms. The number of fused-ring (bicyclic) bond motifs is 3. The molecule has 1 N–H and O–H groups in total. The van der Waals surface area contributed by atoms with Crippen molar-refractivity contribution in [1.29, 1.82) is 0 Å². The highest BCUT2D eigenvalue weighted by Crippen LogP contribution is 2.46. The van der Waals surface area contributed by atoms with E-state index in [9.17, 15) is 4.79 Å². The molecule has 0 unspecified atom stereocenters. The number of aromatic nitrogens is 4. The van der Waals surface area contributed by atoms with E-state index in [1.54, 1.807) is 54.3 Å². The van der Waals surface area contributed by atoms with Gasteiger partial charge in [0.1, 0.15) is 18.1 Å². The zero-order chi connectivity index (χ0) is 25.8. The lowest BCUT2D eigenvalue weighted by molar-refractivity contribution is 0.0646. The molecule has 0 aliphatic carbocycles. The van der Waals surface area contributed by atoms with Gasteiger partial charge in [-0.25, -0.2) is 4.68 Å². The van der Waals surface area contributed by atoms with E-state index in [1.165, 1.54) is 0 Å². The molecule has 2 aromatic carbocycles. The average molecular weight is 526 g/mol. The van der Waals surface area contributed by atoms with Gasteiger partial charge in [-0.1, -0.05) is 23.2 Å². The minimum absolute atomic E-state index is 0.171. The standard InChI is InChI=1S/C26H25Cl2N5O3/c1-26(2,3)32(4)25(34)23-20-13-36-22-10-21(35-5)18(14-11-29-30-12-14)9-19(22)24(20)33(31-23)17-7-15(27)6-16(28)8-17/h6-12H,13H2,1-5H3,(H,29,30). The fourth-order valence-corrected chi connectivity index (χ4v) is 4.67. The minimum atomic E-state index is -0.400. The minimum Gasteiger partial charge on any atom is -0.496 e. The Balaban J connectivity index is 1.79. The van der Waals surface area contributed by atoms with Crippen LogP contribution in [-0.4, -0.2) is 50.5 Å². The van der Waals surface area contributed by atoms with Crippen LogP contribution in [0.2, 0.25) is 10.0 Å². The number of halogens is 2. The Hall–Kier alpha value is -3.49. The predicted molar refractivity (Wildman–Crippen MR) is 139 cm³/mol. The van der Waals surface area contributed by atoms with Gasteiger partial charge in [0.2, 0.25) is 0 Å². The molecule has 1 aliphatic heterocycles. The summed E-state index contributed by atoms with van der Waals surface area (Å²) in [6, 6.07) is 8.98. The average Bonchev–Trinajstić information content (AvgIpc) is 3.49. The number of carbonyl (C=O) groups is 1. The number of aromatic amines is 1. The van der Waals surface area contributed by atoms with Crippen LogP contribution in [-0.2, 0) is 6.61 Å². The Morgan fingerprint density at radius 1 is 1.14 bits per heavy atom. The van der Waals surface area contributed by atoms with E-state index in [1.807, 2.05) is 32.9 Å². The van der Waals surface area contributed by atoms with E-state index < -0.39 is 5.54 Å². The summed E-state index contributed by atoms with van der Waals surface area (Å²) in [4.78, 5) is 15.3. The topological polar surface area (TPSA) is 85.3 Å². The third kappa shape index (κ3) is 4.10. The van der Waals surface area contributed by atoms with E-state index in [0.717, 1.165) is 22.4 Å². The zero-order valence-corrected chi connectivity index (χ0v) is 22.0. The van der Waals surface area contributed by atoms with Gasteiger partial charge in [0.25, 0.3) is 5.91 Å². The number of ether oxygens (including phenoxy) is 2. The van der Waals surface area contributed by atoms with Crippen molar-refractivity contribution in [2.45, 2.75) is 32.9 Å². The van der Waals surface area contributed by atoms with Crippen LogP contribution in [0.1, 0.15) is 36.8 Å². The lowest BCUT2D eigenvalue weighted by Gasteiger charge is -2.31. The highest BCUT2D eigenvalue weighted by atomic mass is 35.5. The molecule has 4 aromatic rings. The molecule has 5 rings (SSSR count). The quantitative estimate of drug-likeness (QED) is 0.352. The summed E-state index contributed by atoms with van der Waals surface area (Å²) >= 11 is 12.7. The largest absolute Gasteiger partial charge is 0.496 e. The third-order valence-electron chi connectivity index (χ3n) is 6.33. The summed E-state index contributed by atoms with van der Waals surface area (Å²) in [5.41, 5.74) is 4.38. The predicted octanol–water partition coefficient (Wildman–Crippen LogP) is 6.01. The van der Waals surface area contributed by atoms with Crippen LogP contribution in [0, 0.1) is 0 Å². The van der Waals surface area contributed by atoms with Crippen LogP contribution in [0.5, 0.6) is 11.5 Å². The smallest absolute Gasteiger partial charge is 0.274 e. The van der Waals surface area contributed by atoms with Gasteiger partial charge in [-0.15, -0.1) is 0 Å². The second kappa shape index (κ2) is 8.87. The van der Waals surface area contributed by atoms with Gasteiger partial charge in [-0.05, 0) is 45.0 Å². The van der Waals surface area contributed by atoms with Crippen molar-refractivity contribution in [2.24, 2.45) is 0 Å². The van der Waals surface area contributed by atoms with Crippen LogP contribution in [0.25, 0.3) is 28.1 Å². The Morgan fingerprint density at radius 2 is 1.86 bits per heavy atom. The summed E-state index contributed by atoms with van der Waals surface area (Å²) < 4.78 is 13.5. The number of nitrogens with one attached hydrogen (secondary N) is 1. The van der Waals surface area contributed by atoms with Crippen LogP contribution in [0.15, 0.2) is 42.7 Å². The number of amides is 1. The third-order valence-corrected chi connectivity index (χ3v) is 6.76. The fourth-order valence-electron chi connectivity index (χ4n) is 4.16. The molecule has 0 saturated heterocycles. The SMILES string of the molecule is COc1cc2c(cc1-c1cn[nH]c1)-c1c(c(C(=O)N(C)C(C)(C)C)nn1-c1cc(Cl)cc(Cl)c1)CO2. The molecule has 0 fully saturated rings. The molecule has 0 saturated carbocycles. The molecule has 8 nitrogen and oxygen atoms in total. The van der Waals surface area contributed by atoms with Gasteiger partial charge in [0, 0.05) is 57.1 Å². The number of benzene rings is 2. The maximum absolute atomic E-state index is 13.6.